The third-order valence-electron chi connectivity index (χ3n) is 12.1. The van der Waals surface area contributed by atoms with Gasteiger partial charge in [-0.1, -0.05) is 170 Å². The summed E-state index contributed by atoms with van der Waals surface area (Å²) in [6.45, 7) is 0. The summed E-state index contributed by atoms with van der Waals surface area (Å²) in [5.74, 6) is 0. The molecule has 0 N–H and O–H groups in total. The van der Waals surface area contributed by atoms with Crippen LogP contribution in [0.1, 0.15) is 0 Å². The fourth-order valence-corrected chi connectivity index (χ4v) is 9.09. The number of furan rings is 2. The number of rotatable bonds is 7. The highest BCUT2D eigenvalue weighted by molar-refractivity contribution is 6.14. The molecule has 0 saturated heterocycles. The van der Waals surface area contributed by atoms with Crippen molar-refractivity contribution in [1.29, 1.82) is 0 Å². The van der Waals surface area contributed by atoms with Crippen LogP contribution in [0.2, 0.25) is 0 Å². The summed E-state index contributed by atoms with van der Waals surface area (Å²) in [7, 11) is 0. The fraction of sp³-hybridized carbons (Fsp3) is 0. The zero-order valence-electron chi connectivity index (χ0n) is 33.1. The average molecular weight is 780 g/mol. The van der Waals surface area contributed by atoms with Gasteiger partial charge in [-0.05, 0) is 104 Å². The van der Waals surface area contributed by atoms with E-state index in [1.54, 1.807) is 0 Å². The first-order valence-electron chi connectivity index (χ1n) is 20.7. The molecular weight excluding hydrogens is 743 g/mol. The molecule has 0 aliphatic heterocycles. The summed E-state index contributed by atoms with van der Waals surface area (Å²) in [6.07, 6.45) is 0. The molecule has 10 aromatic carbocycles. The summed E-state index contributed by atoms with van der Waals surface area (Å²) in [5, 5.41) is 6.91. The van der Waals surface area contributed by atoms with Crippen LogP contribution in [0.25, 0.3) is 99.2 Å². The first-order valence-corrected chi connectivity index (χ1v) is 20.7. The lowest BCUT2D eigenvalue weighted by Crippen LogP contribution is -2.11. The highest BCUT2D eigenvalue weighted by Gasteiger charge is 2.24. The van der Waals surface area contributed by atoms with E-state index in [1.165, 1.54) is 21.9 Å². The van der Waals surface area contributed by atoms with E-state index in [0.29, 0.717) is 0 Å². The van der Waals surface area contributed by atoms with Gasteiger partial charge in [0.25, 0.3) is 0 Å². The Balaban J connectivity index is 1.00. The molecule has 286 valence electrons. The van der Waals surface area contributed by atoms with Gasteiger partial charge in [0.2, 0.25) is 0 Å². The number of fused-ring (bicyclic) bond motifs is 7. The molecule has 0 spiro atoms. The highest BCUT2D eigenvalue weighted by atomic mass is 16.3. The molecule has 2 heterocycles. The minimum atomic E-state index is 0.842. The minimum Gasteiger partial charge on any atom is -0.456 e. The molecule has 3 nitrogen and oxygen atoms in total. The molecule has 12 rings (SSSR count). The molecule has 0 aliphatic rings. The summed E-state index contributed by atoms with van der Waals surface area (Å²) in [4.78, 5) is 2.36. The summed E-state index contributed by atoms with van der Waals surface area (Å²) in [6, 6.07) is 79.9. The van der Waals surface area contributed by atoms with Crippen molar-refractivity contribution in [1.82, 2.24) is 0 Å². The van der Waals surface area contributed by atoms with Gasteiger partial charge in [0.15, 0.2) is 5.58 Å². The van der Waals surface area contributed by atoms with Gasteiger partial charge >= 0.3 is 0 Å². The second-order valence-electron chi connectivity index (χ2n) is 15.6. The molecule has 0 atom stereocenters. The van der Waals surface area contributed by atoms with Gasteiger partial charge in [0, 0.05) is 38.5 Å². The van der Waals surface area contributed by atoms with Gasteiger partial charge < -0.3 is 13.7 Å². The van der Waals surface area contributed by atoms with Gasteiger partial charge in [0.1, 0.15) is 16.7 Å². The molecule has 3 heteroatoms. The Morgan fingerprint density at radius 1 is 0.295 bits per heavy atom. The Bertz CT molecular complexity index is 3560. The van der Waals surface area contributed by atoms with Crippen LogP contribution in [0, 0.1) is 0 Å². The van der Waals surface area contributed by atoms with Gasteiger partial charge in [-0.25, -0.2) is 0 Å². The van der Waals surface area contributed by atoms with Crippen LogP contribution in [-0.4, -0.2) is 0 Å². The second kappa shape index (κ2) is 14.3. The zero-order chi connectivity index (χ0) is 40.3. The van der Waals surface area contributed by atoms with Crippen molar-refractivity contribution in [2.24, 2.45) is 0 Å². The number of nitrogens with zero attached hydrogens (tertiary/aromatic N) is 1. The maximum absolute atomic E-state index is 6.86. The van der Waals surface area contributed by atoms with Crippen molar-refractivity contribution in [3.63, 3.8) is 0 Å². The number of hydrogen-bond donors (Lipinski definition) is 0. The van der Waals surface area contributed by atoms with Crippen LogP contribution in [0.4, 0.5) is 17.1 Å². The van der Waals surface area contributed by atoms with Crippen molar-refractivity contribution in [2.75, 3.05) is 4.90 Å². The zero-order valence-corrected chi connectivity index (χ0v) is 33.1. The van der Waals surface area contributed by atoms with E-state index in [4.69, 9.17) is 8.83 Å². The molecule has 0 unspecified atom stereocenters. The molecule has 0 bridgehead atoms. The average Bonchev–Trinajstić information content (AvgIpc) is 3.91. The topological polar surface area (TPSA) is 29.5 Å². The molecular formula is C58H37NO2. The lowest BCUT2D eigenvalue weighted by Gasteiger charge is -2.28. The van der Waals surface area contributed by atoms with E-state index in [-0.39, 0.29) is 0 Å². The first-order chi connectivity index (χ1) is 30.2. The van der Waals surface area contributed by atoms with E-state index in [2.05, 4.69) is 211 Å². The minimum absolute atomic E-state index is 0.842. The predicted molar refractivity (Wildman–Crippen MR) is 255 cm³/mol. The van der Waals surface area contributed by atoms with E-state index in [1.807, 2.05) is 18.2 Å². The smallest absolute Gasteiger partial charge is 0.160 e. The van der Waals surface area contributed by atoms with Crippen molar-refractivity contribution in [3.8, 4) is 44.5 Å². The van der Waals surface area contributed by atoms with Gasteiger partial charge in [0.05, 0.1) is 5.69 Å². The van der Waals surface area contributed by atoms with Crippen LogP contribution in [0.3, 0.4) is 0 Å². The van der Waals surface area contributed by atoms with Crippen molar-refractivity contribution in [2.45, 2.75) is 0 Å². The first kappa shape index (κ1) is 34.9. The third kappa shape index (κ3) is 5.98. The highest BCUT2D eigenvalue weighted by Crippen LogP contribution is 2.48. The van der Waals surface area contributed by atoms with Crippen LogP contribution < -0.4 is 4.90 Å². The van der Waals surface area contributed by atoms with Crippen LogP contribution in [0.5, 0.6) is 0 Å². The summed E-state index contributed by atoms with van der Waals surface area (Å²) in [5.41, 5.74) is 15.7. The van der Waals surface area contributed by atoms with E-state index < -0.39 is 0 Å². The van der Waals surface area contributed by atoms with Crippen LogP contribution >= 0.6 is 0 Å². The van der Waals surface area contributed by atoms with E-state index >= 15 is 0 Å². The quantitative estimate of drug-likeness (QED) is 0.161. The van der Waals surface area contributed by atoms with E-state index in [9.17, 15) is 0 Å². The molecule has 12 aromatic rings. The van der Waals surface area contributed by atoms with Crippen molar-refractivity contribution in [3.05, 3.63) is 224 Å². The van der Waals surface area contributed by atoms with Gasteiger partial charge in [-0.3, -0.25) is 0 Å². The largest absolute Gasteiger partial charge is 0.456 e. The Hall–Kier alpha value is -8.14. The lowest BCUT2D eigenvalue weighted by molar-refractivity contribution is 0.668. The predicted octanol–water partition coefficient (Wildman–Crippen LogP) is 16.8. The molecule has 2 aromatic heterocycles. The van der Waals surface area contributed by atoms with Crippen molar-refractivity contribution >= 4 is 71.7 Å². The standard InChI is InChI=1S/C58H37NO2/c1-2-12-42(13-3-1)49-35-36-51-50-15-6-8-18-53(50)61-58(51)57(49)59(47-33-29-43(30-34-47)48-17-10-20-55-56(48)52-16-7-9-19-54(52)60-55)46-31-27-40(28-32-46)39-21-23-41(24-22-39)45-26-25-38-11-4-5-14-44(38)37-45/h1-37H. The molecule has 0 amide bonds. The molecule has 0 saturated carbocycles. The van der Waals surface area contributed by atoms with Crippen molar-refractivity contribution < 1.29 is 8.83 Å². The molecule has 0 fully saturated rings. The van der Waals surface area contributed by atoms with Crippen LogP contribution in [0.15, 0.2) is 233 Å². The maximum Gasteiger partial charge on any atom is 0.160 e. The summed E-state index contributed by atoms with van der Waals surface area (Å²) < 4.78 is 13.1. The van der Waals surface area contributed by atoms with Gasteiger partial charge in [-0.2, -0.15) is 0 Å². The maximum atomic E-state index is 6.86. The molecule has 61 heavy (non-hydrogen) atoms. The molecule has 0 radical (unpaired) electrons. The Morgan fingerprint density at radius 3 is 1.57 bits per heavy atom. The number of benzene rings is 10. The Kier molecular flexibility index (Phi) is 8.17. The SMILES string of the molecule is c1ccc(-c2ccc3c(oc4ccccc43)c2N(c2ccc(-c3ccc(-c4ccc5ccccc5c4)cc3)cc2)c2ccc(-c3cccc4oc5ccccc5c34)cc2)cc1. The fourth-order valence-electron chi connectivity index (χ4n) is 9.09. The normalized spacial score (nSPS) is 11.6. The van der Waals surface area contributed by atoms with Crippen LogP contribution in [-0.2, 0) is 0 Å². The van der Waals surface area contributed by atoms with E-state index in [0.717, 1.165) is 94.3 Å². The summed E-state index contributed by atoms with van der Waals surface area (Å²) >= 11 is 0. The lowest BCUT2D eigenvalue weighted by atomic mass is 9.97. The second-order valence-corrected chi connectivity index (χ2v) is 15.6. The molecule has 0 aliphatic carbocycles. The third-order valence-corrected chi connectivity index (χ3v) is 12.1. The monoisotopic (exact) mass is 779 g/mol. The number of hydrogen-bond acceptors (Lipinski definition) is 3. The number of para-hydroxylation sites is 2. The van der Waals surface area contributed by atoms with Gasteiger partial charge in [-0.15, -0.1) is 0 Å². The number of anilines is 3. The Morgan fingerprint density at radius 2 is 0.836 bits per heavy atom. The Labute approximate surface area is 353 Å².